The van der Waals surface area contributed by atoms with E-state index >= 15 is 0 Å². The molecule has 1 aromatic rings. The Labute approximate surface area is 119 Å². The van der Waals surface area contributed by atoms with Crippen LogP contribution >= 0.6 is 0 Å². The van der Waals surface area contributed by atoms with Crippen LogP contribution in [0.1, 0.15) is 70.0 Å². The normalized spacial score (nSPS) is 28.1. The highest BCUT2D eigenvalue weighted by Crippen LogP contribution is 2.45. The van der Waals surface area contributed by atoms with Gasteiger partial charge in [0.25, 0.3) is 0 Å². The van der Waals surface area contributed by atoms with Gasteiger partial charge in [-0.15, -0.1) is 0 Å². The van der Waals surface area contributed by atoms with Gasteiger partial charge in [0.05, 0.1) is 6.61 Å². The highest BCUT2D eigenvalue weighted by atomic mass is 16.5. The number of hydrogen-bond donors (Lipinski definition) is 0. The van der Waals surface area contributed by atoms with E-state index in [0.717, 1.165) is 43.8 Å². The van der Waals surface area contributed by atoms with E-state index in [4.69, 9.17) is 9.26 Å². The average molecular weight is 278 g/mol. The first kappa shape index (κ1) is 13.6. The molecule has 5 heteroatoms. The van der Waals surface area contributed by atoms with Gasteiger partial charge in [-0.25, -0.2) is 0 Å². The summed E-state index contributed by atoms with van der Waals surface area (Å²) < 4.78 is 10.6. The molecule has 2 saturated carbocycles. The minimum absolute atomic E-state index is 0.207. The third-order valence-electron chi connectivity index (χ3n) is 4.78. The predicted octanol–water partition coefficient (Wildman–Crippen LogP) is 2.96. The molecule has 2 atom stereocenters. The lowest BCUT2D eigenvalue weighted by Crippen LogP contribution is -2.44. The van der Waals surface area contributed by atoms with Crippen LogP contribution in [0.15, 0.2) is 4.52 Å². The second kappa shape index (κ2) is 5.19. The summed E-state index contributed by atoms with van der Waals surface area (Å²) in [6, 6.07) is 0. The Morgan fingerprint density at radius 2 is 2.25 bits per heavy atom. The lowest BCUT2D eigenvalue weighted by atomic mass is 9.68. The molecule has 1 heterocycles. The second-order valence-corrected chi connectivity index (χ2v) is 6.23. The van der Waals surface area contributed by atoms with E-state index in [1.165, 1.54) is 6.42 Å². The third kappa shape index (κ3) is 2.13. The van der Waals surface area contributed by atoms with E-state index in [0.29, 0.717) is 18.4 Å². The van der Waals surface area contributed by atoms with Gasteiger partial charge >= 0.3 is 5.97 Å². The van der Waals surface area contributed by atoms with Crippen LogP contribution in [0.4, 0.5) is 0 Å². The minimum Gasteiger partial charge on any atom is -0.465 e. The molecule has 1 aromatic heterocycles. The van der Waals surface area contributed by atoms with Crippen molar-refractivity contribution < 1.29 is 14.1 Å². The Morgan fingerprint density at radius 3 is 2.80 bits per heavy atom. The van der Waals surface area contributed by atoms with Gasteiger partial charge in [0.2, 0.25) is 5.89 Å². The summed E-state index contributed by atoms with van der Waals surface area (Å²) in [6.45, 7) is 4.47. The molecule has 2 unspecified atom stereocenters. The number of carbonyl (C=O) groups is 1. The lowest BCUT2D eigenvalue weighted by molar-refractivity contribution is -0.155. The van der Waals surface area contributed by atoms with Gasteiger partial charge in [-0.1, -0.05) is 18.5 Å². The molecular weight excluding hydrogens is 256 g/mol. The average Bonchev–Trinajstić information content (AvgIpc) is 2.97. The maximum Gasteiger partial charge on any atom is 0.321 e. The molecule has 0 radical (unpaired) electrons. The van der Waals surface area contributed by atoms with Gasteiger partial charge in [0.15, 0.2) is 5.82 Å². The van der Waals surface area contributed by atoms with Crippen molar-refractivity contribution in [3.05, 3.63) is 11.7 Å². The second-order valence-electron chi connectivity index (χ2n) is 6.23. The molecule has 0 saturated heterocycles. The summed E-state index contributed by atoms with van der Waals surface area (Å²) in [5.41, 5.74) is -0.661. The standard InChI is InChI=1S/C15H22N2O3/c1-3-19-14(18)15(7-4-8-15)13-16-12(17-20-13)11-6-5-10(2)9-11/h10-11H,3-9H2,1-2H3. The number of rotatable bonds is 4. The topological polar surface area (TPSA) is 65.2 Å². The number of nitrogens with zero attached hydrogens (tertiary/aromatic N) is 2. The van der Waals surface area contributed by atoms with E-state index < -0.39 is 5.41 Å². The van der Waals surface area contributed by atoms with Crippen molar-refractivity contribution >= 4 is 5.97 Å². The van der Waals surface area contributed by atoms with Gasteiger partial charge in [0.1, 0.15) is 5.41 Å². The molecule has 0 aromatic carbocycles. The van der Waals surface area contributed by atoms with Crippen molar-refractivity contribution in [2.24, 2.45) is 5.92 Å². The van der Waals surface area contributed by atoms with E-state index in [1.54, 1.807) is 0 Å². The molecular formula is C15H22N2O3. The van der Waals surface area contributed by atoms with Crippen LogP contribution in [0, 0.1) is 5.92 Å². The first-order valence-electron chi connectivity index (χ1n) is 7.67. The molecule has 0 amide bonds. The minimum atomic E-state index is -0.661. The van der Waals surface area contributed by atoms with Gasteiger partial charge in [-0.05, 0) is 44.9 Å². The van der Waals surface area contributed by atoms with Gasteiger partial charge in [-0.2, -0.15) is 4.98 Å². The quantitative estimate of drug-likeness (QED) is 0.792. The van der Waals surface area contributed by atoms with Crippen molar-refractivity contribution in [3.8, 4) is 0 Å². The summed E-state index contributed by atoms with van der Waals surface area (Å²) in [5, 5.41) is 4.13. The van der Waals surface area contributed by atoms with Gasteiger partial charge < -0.3 is 9.26 Å². The largest absolute Gasteiger partial charge is 0.465 e. The zero-order valence-corrected chi connectivity index (χ0v) is 12.2. The van der Waals surface area contributed by atoms with Crippen molar-refractivity contribution in [2.45, 2.75) is 63.7 Å². The first-order valence-corrected chi connectivity index (χ1v) is 7.67. The van der Waals surface area contributed by atoms with Gasteiger partial charge in [0, 0.05) is 5.92 Å². The predicted molar refractivity (Wildman–Crippen MR) is 72.2 cm³/mol. The molecule has 0 bridgehead atoms. The molecule has 20 heavy (non-hydrogen) atoms. The summed E-state index contributed by atoms with van der Waals surface area (Å²) in [4.78, 5) is 16.7. The maximum atomic E-state index is 12.2. The Kier molecular flexibility index (Phi) is 3.52. The fourth-order valence-corrected chi connectivity index (χ4v) is 3.34. The summed E-state index contributed by atoms with van der Waals surface area (Å²) in [5.74, 6) is 2.16. The maximum absolute atomic E-state index is 12.2. The smallest absolute Gasteiger partial charge is 0.321 e. The molecule has 5 nitrogen and oxygen atoms in total. The van der Waals surface area contributed by atoms with E-state index in [-0.39, 0.29) is 5.97 Å². The van der Waals surface area contributed by atoms with Gasteiger partial charge in [-0.3, -0.25) is 4.79 Å². The van der Waals surface area contributed by atoms with E-state index in [1.807, 2.05) is 6.92 Å². The van der Waals surface area contributed by atoms with Crippen molar-refractivity contribution in [3.63, 3.8) is 0 Å². The zero-order chi connectivity index (χ0) is 14.2. The molecule has 110 valence electrons. The molecule has 0 aliphatic heterocycles. The SMILES string of the molecule is CCOC(=O)C1(c2nc(C3CCC(C)C3)no2)CCC1. The molecule has 2 aliphatic carbocycles. The van der Waals surface area contributed by atoms with Crippen molar-refractivity contribution in [2.75, 3.05) is 6.61 Å². The Hall–Kier alpha value is -1.39. The first-order chi connectivity index (χ1) is 9.65. The van der Waals surface area contributed by atoms with E-state index in [9.17, 15) is 4.79 Å². The van der Waals surface area contributed by atoms with Crippen LogP contribution in [-0.4, -0.2) is 22.7 Å². The highest BCUT2D eigenvalue weighted by Gasteiger charge is 2.52. The summed E-state index contributed by atoms with van der Waals surface area (Å²) in [7, 11) is 0. The van der Waals surface area contributed by atoms with Crippen LogP contribution < -0.4 is 0 Å². The lowest BCUT2D eigenvalue weighted by Gasteiger charge is -2.35. The van der Waals surface area contributed by atoms with E-state index in [2.05, 4.69) is 17.1 Å². The Balaban J connectivity index is 1.80. The number of esters is 1. The zero-order valence-electron chi connectivity index (χ0n) is 12.2. The number of hydrogen-bond acceptors (Lipinski definition) is 5. The summed E-state index contributed by atoms with van der Waals surface area (Å²) >= 11 is 0. The van der Waals surface area contributed by atoms with Crippen LogP contribution in [0.5, 0.6) is 0 Å². The number of ether oxygens (including phenoxy) is 1. The fraction of sp³-hybridized carbons (Fsp3) is 0.800. The number of carbonyl (C=O) groups excluding carboxylic acids is 1. The monoisotopic (exact) mass is 278 g/mol. The van der Waals surface area contributed by atoms with Crippen LogP contribution in [0.3, 0.4) is 0 Å². The fourth-order valence-electron chi connectivity index (χ4n) is 3.34. The molecule has 3 rings (SSSR count). The van der Waals surface area contributed by atoms with Crippen LogP contribution in [0.25, 0.3) is 0 Å². The van der Waals surface area contributed by atoms with Crippen molar-refractivity contribution in [1.29, 1.82) is 0 Å². The van der Waals surface area contributed by atoms with Crippen LogP contribution in [-0.2, 0) is 14.9 Å². The molecule has 2 aliphatic rings. The number of aromatic nitrogens is 2. The van der Waals surface area contributed by atoms with Crippen molar-refractivity contribution in [1.82, 2.24) is 10.1 Å². The third-order valence-corrected chi connectivity index (χ3v) is 4.78. The van der Waals surface area contributed by atoms with Crippen LogP contribution in [0.2, 0.25) is 0 Å². The molecule has 0 N–H and O–H groups in total. The molecule has 2 fully saturated rings. The Morgan fingerprint density at radius 1 is 1.45 bits per heavy atom. The summed E-state index contributed by atoms with van der Waals surface area (Å²) in [6.07, 6.45) is 5.98. The Bertz CT molecular complexity index is 493. The molecule has 0 spiro atoms. The highest BCUT2D eigenvalue weighted by molar-refractivity contribution is 5.83.